The minimum atomic E-state index is -3.52. The second kappa shape index (κ2) is 7.42. The fraction of sp³-hybridized carbons (Fsp3) is 0.389. The number of aromatic nitrogens is 1. The molecule has 3 rings (SSSR count). The minimum Gasteiger partial charge on any atom is -0.396 e. The molecular formula is C18H22N2O3S. The molecule has 24 heavy (non-hydrogen) atoms. The number of piperidine rings is 1. The van der Waals surface area contributed by atoms with Gasteiger partial charge in [0.25, 0.3) is 0 Å². The molecule has 0 aliphatic carbocycles. The van der Waals surface area contributed by atoms with E-state index in [0.29, 0.717) is 17.9 Å². The molecule has 1 aliphatic rings. The lowest BCUT2D eigenvalue weighted by molar-refractivity contribution is 0.192. The van der Waals surface area contributed by atoms with Gasteiger partial charge in [-0.1, -0.05) is 18.6 Å². The molecule has 0 spiro atoms. The van der Waals surface area contributed by atoms with Crippen molar-refractivity contribution in [1.82, 2.24) is 9.29 Å². The number of aliphatic hydroxyl groups excluding tert-OH is 1. The van der Waals surface area contributed by atoms with E-state index in [9.17, 15) is 13.5 Å². The first kappa shape index (κ1) is 17.1. The molecule has 0 saturated carbocycles. The SMILES string of the molecule is O=S(=O)(c1ccc(-c2ccncc2)cc1)N1CCCCC1CCO. The van der Waals surface area contributed by atoms with E-state index in [0.717, 1.165) is 30.4 Å². The van der Waals surface area contributed by atoms with Crippen molar-refractivity contribution in [2.75, 3.05) is 13.2 Å². The van der Waals surface area contributed by atoms with E-state index >= 15 is 0 Å². The fourth-order valence-electron chi connectivity index (χ4n) is 3.23. The summed E-state index contributed by atoms with van der Waals surface area (Å²) in [6.45, 7) is 0.538. The van der Waals surface area contributed by atoms with Gasteiger partial charge in [-0.3, -0.25) is 4.98 Å². The largest absolute Gasteiger partial charge is 0.396 e. The molecule has 1 aliphatic heterocycles. The predicted molar refractivity (Wildman–Crippen MR) is 92.9 cm³/mol. The van der Waals surface area contributed by atoms with Crippen LogP contribution >= 0.6 is 0 Å². The standard InChI is InChI=1S/C18H22N2O3S/c21-14-10-17-3-1-2-13-20(17)24(22,23)18-6-4-15(5-7-18)16-8-11-19-12-9-16/h4-9,11-12,17,21H,1-3,10,13-14H2. The lowest BCUT2D eigenvalue weighted by Crippen LogP contribution is -2.44. The molecule has 1 saturated heterocycles. The molecule has 1 unspecified atom stereocenters. The van der Waals surface area contributed by atoms with E-state index in [2.05, 4.69) is 4.98 Å². The Morgan fingerprint density at radius 1 is 1.04 bits per heavy atom. The van der Waals surface area contributed by atoms with Crippen LogP contribution in [0.4, 0.5) is 0 Å². The van der Waals surface area contributed by atoms with Crippen LogP contribution in [-0.4, -0.2) is 42.0 Å². The number of rotatable bonds is 5. The molecular weight excluding hydrogens is 324 g/mol. The van der Waals surface area contributed by atoms with E-state index in [1.54, 1.807) is 28.8 Å². The van der Waals surface area contributed by atoms with Gasteiger partial charge in [0.15, 0.2) is 0 Å². The first-order chi connectivity index (χ1) is 11.6. The topological polar surface area (TPSA) is 70.5 Å². The van der Waals surface area contributed by atoms with Gasteiger partial charge >= 0.3 is 0 Å². The van der Waals surface area contributed by atoms with Crippen molar-refractivity contribution < 1.29 is 13.5 Å². The van der Waals surface area contributed by atoms with Gasteiger partial charge in [0, 0.05) is 31.6 Å². The van der Waals surface area contributed by atoms with Crippen LogP contribution in [0, 0.1) is 0 Å². The van der Waals surface area contributed by atoms with Gasteiger partial charge in [-0.05, 0) is 54.7 Å². The van der Waals surface area contributed by atoms with Crippen LogP contribution in [0.1, 0.15) is 25.7 Å². The zero-order valence-corrected chi connectivity index (χ0v) is 14.3. The Labute approximate surface area is 143 Å². The summed E-state index contributed by atoms with van der Waals surface area (Å²) in [4.78, 5) is 4.30. The van der Waals surface area contributed by atoms with Crippen molar-refractivity contribution in [3.63, 3.8) is 0 Å². The Morgan fingerprint density at radius 2 is 1.71 bits per heavy atom. The molecule has 5 nitrogen and oxygen atoms in total. The number of nitrogens with zero attached hydrogens (tertiary/aromatic N) is 2. The monoisotopic (exact) mass is 346 g/mol. The summed E-state index contributed by atoms with van der Waals surface area (Å²) < 4.78 is 27.5. The number of hydrogen-bond acceptors (Lipinski definition) is 4. The number of benzene rings is 1. The van der Waals surface area contributed by atoms with Crippen molar-refractivity contribution in [1.29, 1.82) is 0 Å². The second-order valence-corrected chi connectivity index (χ2v) is 7.93. The minimum absolute atomic E-state index is 0.0116. The Kier molecular flexibility index (Phi) is 5.28. The molecule has 1 N–H and O–H groups in total. The number of aliphatic hydroxyl groups is 1. The summed E-state index contributed by atoms with van der Waals surface area (Å²) in [5.74, 6) is 0. The fourth-order valence-corrected chi connectivity index (χ4v) is 4.95. The molecule has 2 heterocycles. The van der Waals surface area contributed by atoms with Gasteiger partial charge in [0.05, 0.1) is 4.90 Å². The van der Waals surface area contributed by atoms with Gasteiger partial charge in [0.1, 0.15) is 0 Å². The summed E-state index contributed by atoms with van der Waals surface area (Å²) in [5.41, 5.74) is 1.96. The highest BCUT2D eigenvalue weighted by atomic mass is 32.2. The maximum atomic E-state index is 13.0. The van der Waals surface area contributed by atoms with Crippen molar-refractivity contribution >= 4 is 10.0 Å². The normalized spacial score (nSPS) is 19.3. The van der Waals surface area contributed by atoms with Crippen LogP contribution in [0.5, 0.6) is 0 Å². The Morgan fingerprint density at radius 3 is 2.38 bits per heavy atom. The summed E-state index contributed by atoms with van der Waals surface area (Å²) in [6.07, 6.45) is 6.62. The van der Waals surface area contributed by atoms with Crippen LogP contribution in [0.25, 0.3) is 11.1 Å². The summed E-state index contributed by atoms with van der Waals surface area (Å²) in [7, 11) is -3.52. The van der Waals surface area contributed by atoms with Gasteiger partial charge < -0.3 is 5.11 Å². The van der Waals surface area contributed by atoms with Crippen molar-refractivity contribution in [2.45, 2.75) is 36.6 Å². The van der Waals surface area contributed by atoms with E-state index in [1.165, 1.54) is 0 Å². The Balaban J connectivity index is 1.86. The second-order valence-electron chi connectivity index (χ2n) is 6.04. The Hall–Kier alpha value is -1.76. The molecule has 1 aromatic carbocycles. The maximum Gasteiger partial charge on any atom is 0.243 e. The van der Waals surface area contributed by atoms with E-state index in [1.807, 2.05) is 24.3 Å². The summed E-state index contributed by atoms with van der Waals surface area (Å²) in [6, 6.07) is 10.7. The van der Waals surface area contributed by atoms with Crippen LogP contribution < -0.4 is 0 Å². The van der Waals surface area contributed by atoms with Crippen LogP contribution in [-0.2, 0) is 10.0 Å². The molecule has 1 fully saturated rings. The van der Waals surface area contributed by atoms with Crippen molar-refractivity contribution in [3.8, 4) is 11.1 Å². The zero-order chi connectivity index (χ0) is 17.0. The van der Waals surface area contributed by atoms with Gasteiger partial charge in [-0.15, -0.1) is 0 Å². The molecule has 1 atom stereocenters. The van der Waals surface area contributed by atoms with Gasteiger partial charge in [-0.2, -0.15) is 4.31 Å². The molecule has 0 bridgehead atoms. The summed E-state index contributed by atoms with van der Waals surface area (Å²) >= 11 is 0. The number of pyridine rings is 1. The lowest BCUT2D eigenvalue weighted by atomic mass is 10.0. The highest BCUT2D eigenvalue weighted by Crippen LogP contribution is 2.28. The predicted octanol–water partition coefficient (Wildman–Crippen LogP) is 2.67. The molecule has 128 valence electrons. The lowest BCUT2D eigenvalue weighted by Gasteiger charge is -2.34. The molecule has 2 aromatic rings. The molecule has 1 aromatic heterocycles. The molecule has 0 radical (unpaired) electrons. The maximum absolute atomic E-state index is 13.0. The third kappa shape index (κ3) is 3.50. The smallest absolute Gasteiger partial charge is 0.243 e. The molecule has 6 heteroatoms. The van der Waals surface area contributed by atoms with Crippen LogP contribution in [0.3, 0.4) is 0 Å². The highest BCUT2D eigenvalue weighted by Gasteiger charge is 2.32. The number of hydrogen-bond donors (Lipinski definition) is 1. The van der Waals surface area contributed by atoms with E-state index in [4.69, 9.17) is 0 Å². The Bertz CT molecular complexity index is 759. The summed E-state index contributed by atoms with van der Waals surface area (Å²) in [5, 5.41) is 9.21. The van der Waals surface area contributed by atoms with Crippen LogP contribution in [0.15, 0.2) is 53.7 Å². The van der Waals surface area contributed by atoms with Crippen molar-refractivity contribution in [3.05, 3.63) is 48.8 Å². The first-order valence-electron chi connectivity index (χ1n) is 8.26. The first-order valence-corrected chi connectivity index (χ1v) is 9.70. The average Bonchev–Trinajstić information content (AvgIpc) is 2.63. The third-order valence-corrected chi connectivity index (χ3v) is 6.48. The average molecular weight is 346 g/mol. The molecule has 0 amide bonds. The third-order valence-electron chi connectivity index (χ3n) is 4.51. The van der Waals surface area contributed by atoms with E-state index < -0.39 is 10.0 Å². The van der Waals surface area contributed by atoms with E-state index in [-0.39, 0.29) is 12.6 Å². The number of sulfonamides is 1. The van der Waals surface area contributed by atoms with Gasteiger partial charge in [-0.25, -0.2) is 8.42 Å². The zero-order valence-electron chi connectivity index (χ0n) is 13.5. The van der Waals surface area contributed by atoms with Gasteiger partial charge in [0.2, 0.25) is 10.0 Å². The highest BCUT2D eigenvalue weighted by molar-refractivity contribution is 7.89. The van der Waals surface area contributed by atoms with Crippen molar-refractivity contribution in [2.24, 2.45) is 0 Å². The van der Waals surface area contributed by atoms with Crippen LogP contribution in [0.2, 0.25) is 0 Å². The quantitative estimate of drug-likeness (QED) is 0.903.